The second-order valence-electron chi connectivity index (χ2n) is 7.20. The first-order valence-corrected chi connectivity index (χ1v) is 9.02. The first-order chi connectivity index (χ1) is 11.7. The van der Waals surface area contributed by atoms with Crippen molar-refractivity contribution in [3.8, 4) is 5.75 Å². The van der Waals surface area contributed by atoms with Crippen LogP contribution in [0.2, 0.25) is 0 Å². The van der Waals surface area contributed by atoms with E-state index in [1.54, 1.807) is 13.3 Å². The topological polar surface area (TPSA) is 25.4 Å². The maximum absolute atomic E-state index is 15.6. The first-order valence-electron chi connectivity index (χ1n) is 9.02. The van der Waals surface area contributed by atoms with Crippen LogP contribution >= 0.6 is 0 Å². The Balaban J connectivity index is 1.68. The summed E-state index contributed by atoms with van der Waals surface area (Å²) >= 11 is 0. The van der Waals surface area contributed by atoms with Crippen LogP contribution in [0.1, 0.15) is 37.9 Å². The lowest BCUT2D eigenvalue weighted by Crippen LogP contribution is -2.54. The molecule has 0 radical (unpaired) electrons. The summed E-state index contributed by atoms with van der Waals surface area (Å²) in [6.45, 7) is 4.36. The van der Waals surface area contributed by atoms with Gasteiger partial charge < -0.3 is 4.74 Å². The van der Waals surface area contributed by atoms with Gasteiger partial charge in [0.2, 0.25) is 0 Å². The summed E-state index contributed by atoms with van der Waals surface area (Å²) in [6.07, 6.45) is 4.17. The molecule has 2 bridgehead atoms. The van der Waals surface area contributed by atoms with Gasteiger partial charge in [-0.1, -0.05) is 13.3 Å². The second-order valence-corrected chi connectivity index (χ2v) is 7.20. The molecule has 128 valence electrons. The van der Waals surface area contributed by atoms with Crippen molar-refractivity contribution in [1.29, 1.82) is 0 Å². The highest BCUT2D eigenvalue weighted by Gasteiger charge is 2.43. The Hall–Kier alpha value is -1.68. The van der Waals surface area contributed by atoms with Crippen molar-refractivity contribution in [1.82, 2.24) is 9.88 Å². The van der Waals surface area contributed by atoms with E-state index < -0.39 is 6.17 Å². The molecule has 4 heteroatoms. The lowest BCUT2D eigenvalue weighted by atomic mass is 9.73. The Morgan fingerprint density at radius 3 is 2.96 bits per heavy atom. The highest BCUT2D eigenvalue weighted by Crippen LogP contribution is 2.44. The van der Waals surface area contributed by atoms with Crippen molar-refractivity contribution < 1.29 is 9.13 Å². The van der Waals surface area contributed by atoms with E-state index in [9.17, 15) is 0 Å². The van der Waals surface area contributed by atoms with Crippen molar-refractivity contribution in [2.24, 2.45) is 11.8 Å². The average molecular weight is 328 g/mol. The van der Waals surface area contributed by atoms with E-state index in [-0.39, 0.29) is 6.04 Å². The molecular formula is C20H25FN2O. The Kier molecular flexibility index (Phi) is 4.17. The quantitative estimate of drug-likeness (QED) is 0.833. The number of hydrogen-bond donors (Lipinski definition) is 0. The molecule has 4 heterocycles. The third kappa shape index (κ3) is 2.57. The van der Waals surface area contributed by atoms with Crippen molar-refractivity contribution in [3.63, 3.8) is 0 Å². The van der Waals surface area contributed by atoms with Crippen LogP contribution < -0.4 is 4.74 Å². The molecule has 3 aliphatic heterocycles. The number of pyridine rings is 1. The molecule has 3 saturated heterocycles. The van der Waals surface area contributed by atoms with Gasteiger partial charge in [-0.15, -0.1) is 0 Å². The van der Waals surface area contributed by atoms with Crippen molar-refractivity contribution >= 4 is 10.9 Å². The van der Waals surface area contributed by atoms with E-state index in [1.807, 2.05) is 24.3 Å². The number of halogens is 1. The molecule has 2 aromatic rings. The second kappa shape index (κ2) is 6.32. The number of aromatic nitrogens is 1. The number of rotatable bonds is 4. The van der Waals surface area contributed by atoms with E-state index in [2.05, 4.69) is 16.8 Å². The molecule has 0 spiro atoms. The van der Waals surface area contributed by atoms with Crippen molar-refractivity contribution in [2.75, 3.05) is 20.2 Å². The molecular weight excluding hydrogens is 303 g/mol. The van der Waals surface area contributed by atoms with Gasteiger partial charge in [-0.3, -0.25) is 9.88 Å². The van der Waals surface area contributed by atoms with Gasteiger partial charge in [-0.2, -0.15) is 0 Å². The SMILES string of the molecule is CC[C@H]1CN2CC[C@H]1C[C@@H]2[C@H](F)c1ccnc2ccc(OC)cc12. The highest BCUT2D eigenvalue weighted by atomic mass is 19.1. The Morgan fingerprint density at radius 2 is 2.25 bits per heavy atom. The minimum absolute atomic E-state index is 0.00310. The standard InChI is InChI=1S/C20H25FN2O/c1-3-13-12-23-9-7-14(13)10-19(23)20(21)16-6-8-22-18-5-4-15(24-2)11-17(16)18/h4-6,8,11,13-14,19-20H,3,7,9-10,12H2,1-2H3/t13-,14-,19+,20+/m0/s1. The molecule has 3 nitrogen and oxygen atoms in total. The minimum Gasteiger partial charge on any atom is -0.497 e. The average Bonchev–Trinajstić information content (AvgIpc) is 2.66. The third-order valence-corrected chi connectivity index (χ3v) is 6.08. The molecule has 24 heavy (non-hydrogen) atoms. The number of ether oxygens (including phenoxy) is 1. The molecule has 3 aliphatic rings. The molecule has 1 unspecified atom stereocenters. The molecule has 0 amide bonds. The number of methoxy groups -OCH3 is 1. The smallest absolute Gasteiger partial charge is 0.141 e. The predicted octanol–water partition coefficient (Wildman–Crippen LogP) is 4.37. The summed E-state index contributed by atoms with van der Waals surface area (Å²) in [5.74, 6) is 2.18. The Bertz CT molecular complexity index is 735. The first kappa shape index (κ1) is 15.8. The van der Waals surface area contributed by atoms with E-state index >= 15 is 4.39 Å². The van der Waals surface area contributed by atoms with Gasteiger partial charge in [-0.25, -0.2) is 4.39 Å². The summed E-state index contributed by atoms with van der Waals surface area (Å²) in [5.41, 5.74) is 1.59. The summed E-state index contributed by atoms with van der Waals surface area (Å²) in [5, 5.41) is 0.874. The summed E-state index contributed by atoms with van der Waals surface area (Å²) in [6, 6.07) is 7.54. The minimum atomic E-state index is -0.969. The summed E-state index contributed by atoms with van der Waals surface area (Å²) in [7, 11) is 1.64. The van der Waals surface area contributed by atoms with E-state index in [1.165, 1.54) is 12.8 Å². The number of hydrogen-bond acceptors (Lipinski definition) is 3. The van der Waals surface area contributed by atoms with Crippen LogP contribution in [0.3, 0.4) is 0 Å². The van der Waals surface area contributed by atoms with Gasteiger partial charge >= 0.3 is 0 Å². The lowest BCUT2D eigenvalue weighted by molar-refractivity contribution is -0.0332. The molecule has 0 N–H and O–H groups in total. The number of nitrogens with zero attached hydrogens (tertiary/aromatic N) is 2. The normalized spacial score (nSPS) is 30.5. The van der Waals surface area contributed by atoms with Crippen molar-refractivity contribution in [3.05, 3.63) is 36.0 Å². The van der Waals surface area contributed by atoms with Crippen LogP contribution in [0.15, 0.2) is 30.5 Å². The fourth-order valence-corrected chi connectivity index (χ4v) is 4.67. The van der Waals surface area contributed by atoms with Crippen molar-refractivity contribution in [2.45, 2.75) is 38.4 Å². The number of piperidine rings is 3. The molecule has 5 atom stereocenters. The molecule has 0 saturated carbocycles. The Labute approximate surface area is 142 Å². The number of benzene rings is 1. The van der Waals surface area contributed by atoms with Gasteiger partial charge in [0, 0.05) is 24.2 Å². The van der Waals surface area contributed by atoms with Gasteiger partial charge in [0.15, 0.2) is 0 Å². The van der Waals surface area contributed by atoms with E-state index in [4.69, 9.17) is 4.74 Å². The predicted molar refractivity (Wildman–Crippen MR) is 94.0 cm³/mol. The molecule has 5 rings (SSSR count). The summed E-state index contributed by atoms with van der Waals surface area (Å²) < 4.78 is 20.9. The molecule has 1 aromatic heterocycles. The molecule has 0 aliphatic carbocycles. The van der Waals surface area contributed by atoms with E-state index in [0.717, 1.165) is 47.6 Å². The van der Waals surface area contributed by atoms with Gasteiger partial charge in [-0.05, 0) is 61.1 Å². The maximum atomic E-state index is 15.6. The van der Waals surface area contributed by atoms with Gasteiger partial charge in [0.25, 0.3) is 0 Å². The zero-order chi connectivity index (χ0) is 16.7. The monoisotopic (exact) mass is 328 g/mol. The molecule has 1 aromatic carbocycles. The van der Waals surface area contributed by atoms with Gasteiger partial charge in [0.1, 0.15) is 11.9 Å². The fraction of sp³-hybridized carbons (Fsp3) is 0.550. The highest BCUT2D eigenvalue weighted by molar-refractivity contribution is 5.84. The maximum Gasteiger partial charge on any atom is 0.141 e. The van der Waals surface area contributed by atoms with Crippen LogP contribution in [-0.4, -0.2) is 36.1 Å². The zero-order valence-electron chi connectivity index (χ0n) is 14.4. The zero-order valence-corrected chi connectivity index (χ0v) is 14.4. The third-order valence-electron chi connectivity index (χ3n) is 6.08. The van der Waals surface area contributed by atoms with Crippen LogP contribution in [0.5, 0.6) is 5.75 Å². The van der Waals surface area contributed by atoms with E-state index in [0.29, 0.717) is 5.92 Å². The van der Waals surface area contributed by atoms with Gasteiger partial charge in [0.05, 0.1) is 12.6 Å². The summed E-state index contributed by atoms with van der Waals surface area (Å²) in [4.78, 5) is 6.76. The largest absolute Gasteiger partial charge is 0.497 e. The van der Waals surface area contributed by atoms with Crippen LogP contribution in [-0.2, 0) is 0 Å². The Morgan fingerprint density at radius 1 is 1.38 bits per heavy atom. The number of fused-ring (bicyclic) bond motifs is 4. The lowest BCUT2D eigenvalue weighted by Gasteiger charge is -2.50. The number of alkyl halides is 1. The van der Waals surface area contributed by atoms with Crippen LogP contribution in [0.25, 0.3) is 10.9 Å². The van der Waals surface area contributed by atoms with Crippen LogP contribution in [0, 0.1) is 11.8 Å². The fourth-order valence-electron chi connectivity index (χ4n) is 4.67. The van der Waals surface area contributed by atoms with Crippen LogP contribution in [0.4, 0.5) is 4.39 Å². The molecule has 3 fully saturated rings.